The molecule has 0 spiro atoms. The minimum Gasteiger partial charge on any atom is -0.384 e. The highest BCUT2D eigenvalue weighted by atomic mass is 32.2. The summed E-state index contributed by atoms with van der Waals surface area (Å²) >= 11 is 2.68. The Balaban J connectivity index is 1.79. The van der Waals surface area contributed by atoms with Crippen molar-refractivity contribution in [3.63, 3.8) is 0 Å². The molecule has 0 aliphatic rings. The molecule has 3 rings (SSSR count). The van der Waals surface area contributed by atoms with Gasteiger partial charge in [0.15, 0.2) is 10.3 Å². The first-order valence-electron chi connectivity index (χ1n) is 7.67. The smallest absolute Gasteiger partial charge is 0.230 e. The summed E-state index contributed by atoms with van der Waals surface area (Å²) in [5.41, 5.74) is 7.45. The van der Waals surface area contributed by atoms with Gasteiger partial charge in [-0.25, -0.2) is 19.3 Å². The van der Waals surface area contributed by atoms with Gasteiger partial charge in [-0.2, -0.15) is 0 Å². The summed E-state index contributed by atoms with van der Waals surface area (Å²) in [5.74, 6) is 0.153. The zero-order chi connectivity index (χ0) is 18.7. The molecular formula is C17H16FN5OS2. The number of benzene rings is 1. The van der Waals surface area contributed by atoms with Crippen molar-refractivity contribution in [1.29, 1.82) is 0 Å². The predicted octanol–water partition coefficient (Wildman–Crippen LogP) is 3.94. The number of carbonyl (C=O) groups is 1. The molecule has 2 N–H and O–H groups in total. The highest BCUT2D eigenvalue weighted by Crippen LogP contribution is 2.32. The molecule has 9 heteroatoms. The molecule has 0 unspecified atom stereocenters. The van der Waals surface area contributed by atoms with Gasteiger partial charge in [-0.3, -0.25) is 9.69 Å². The number of thioether (sulfide) groups is 1. The zero-order valence-electron chi connectivity index (χ0n) is 14.1. The van der Waals surface area contributed by atoms with Crippen molar-refractivity contribution in [2.45, 2.75) is 24.8 Å². The number of para-hydroxylation sites is 1. The molecule has 0 aliphatic carbocycles. The number of aryl methyl sites for hydroxylation is 1. The van der Waals surface area contributed by atoms with Crippen LogP contribution < -0.4 is 10.6 Å². The van der Waals surface area contributed by atoms with E-state index < -0.39 is 5.82 Å². The van der Waals surface area contributed by atoms with Crippen LogP contribution in [0.25, 0.3) is 0 Å². The molecule has 2 aromatic heterocycles. The van der Waals surface area contributed by atoms with Crippen molar-refractivity contribution in [3.8, 4) is 0 Å². The molecule has 0 aliphatic heterocycles. The maximum absolute atomic E-state index is 14.1. The monoisotopic (exact) mass is 389 g/mol. The molecule has 6 nitrogen and oxygen atoms in total. The minimum atomic E-state index is -0.475. The van der Waals surface area contributed by atoms with Gasteiger partial charge in [-0.1, -0.05) is 23.9 Å². The largest absolute Gasteiger partial charge is 0.384 e. The van der Waals surface area contributed by atoms with Gasteiger partial charge in [0, 0.05) is 29.8 Å². The number of carbonyl (C=O) groups excluding carboxylic acids is 1. The van der Waals surface area contributed by atoms with E-state index in [2.05, 4.69) is 15.0 Å². The molecule has 0 saturated carbocycles. The second-order valence-electron chi connectivity index (χ2n) is 5.43. The fraction of sp³-hybridized carbons (Fsp3) is 0.176. The minimum absolute atomic E-state index is 0.184. The average Bonchev–Trinajstić information content (AvgIpc) is 3.02. The molecular weight excluding hydrogens is 373 g/mol. The molecule has 0 fully saturated rings. The molecule has 1 amide bonds. The van der Waals surface area contributed by atoms with Crippen LogP contribution in [0.3, 0.4) is 0 Å². The van der Waals surface area contributed by atoms with E-state index in [1.165, 1.54) is 41.0 Å². The molecule has 0 bridgehead atoms. The number of amides is 1. The Morgan fingerprint density at radius 1 is 1.31 bits per heavy atom. The quantitative estimate of drug-likeness (QED) is 0.525. The third kappa shape index (κ3) is 4.17. The van der Waals surface area contributed by atoms with E-state index in [1.54, 1.807) is 24.3 Å². The number of nitrogens with zero attached hydrogens (tertiary/aromatic N) is 4. The van der Waals surface area contributed by atoms with Gasteiger partial charge >= 0.3 is 0 Å². The number of anilines is 3. The van der Waals surface area contributed by atoms with E-state index in [9.17, 15) is 9.18 Å². The van der Waals surface area contributed by atoms with Crippen LogP contribution in [0.15, 0.2) is 40.9 Å². The average molecular weight is 389 g/mol. The van der Waals surface area contributed by atoms with Crippen molar-refractivity contribution in [2.24, 2.45) is 0 Å². The first kappa shape index (κ1) is 18.3. The van der Waals surface area contributed by atoms with Crippen LogP contribution in [0.2, 0.25) is 0 Å². The number of nitrogen functional groups attached to an aromatic ring is 1. The second-order valence-corrected chi connectivity index (χ2v) is 7.21. The highest BCUT2D eigenvalue weighted by Gasteiger charge is 2.20. The number of rotatable bonds is 5. The topological polar surface area (TPSA) is 85.0 Å². The summed E-state index contributed by atoms with van der Waals surface area (Å²) in [5, 5.41) is 2.82. The Hall–Kier alpha value is -2.52. The van der Waals surface area contributed by atoms with E-state index in [0.29, 0.717) is 21.9 Å². The fourth-order valence-corrected chi connectivity index (χ4v) is 4.06. The summed E-state index contributed by atoms with van der Waals surface area (Å²) in [4.78, 5) is 26.3. The van der Waals surface area contributed by atoms with E-state index in [4.69, 9.17) is 5.73 Å². The van der Waals surface area contributed by atoms with Gasteiger partial charge in [0.05, 0.1) is 11.4 Å². The highest BCUT2D eigenvalue weighted by molar-refractivity contribution is 7.98. The first-order valence-corrected chi connectivity index (χ1v) is 9.54. The molecule has 134 valence electrons. The lowest BCUT2D eigenvalue weighted by atomic mass is 10.3. The van der Waals surface area contributed by atoms with E-state index in [-0.39, 0.29) is 11.6 Å². The van der Waals surface area contributed by atoms with Crippen molar-refractivity contribution < 1.29 is 9.18 Å². The van der Waals surface area contributed by atoms with E-state index in [1.807, 2.05) is 12.3 Å². The molecule has 0 radical (unpaired) electrons. The lowest BCUT2D eigenvalue weighted by Crippen LogP contribution is -2.23. The number of hydrogen-bond donors (Lipinski definition) is 1. The van der Waals surface area contributed by atoms with Crippen LogP contribution in [0.4, 0.5) is 21.0 Å². The summed E-state index contributed by atoms with van der Waals surface area (Å²) in [6.07, 6.45) is 0. The number of thiazole rings is 1. The Morgan fingerprint density at radius 3 is 2.77 bits per heavy atom. The van der Waals surface area contributed by atoms with Crippen LogP contribution in [0, 0.1) is 12.7 Å². The van der Waals surface area contributed by atoms with Gasteiger partial charge in [0.25, 0.3) is 0 Å². The SMILES string of the molecule is CC(=O)N(c1nc(CSc2nc(C)cc(N)n2)cs1)c1ccccc1F. The summed E-state index contributed by atoms with van der Waals surface area (Å²) in [7, 11) is 0. The number of nitrogens with two attached hydrogens (primary N) is 1. The zero-order valence-corrected chi connectivity index (χ0v) is 15.8. The van der Waals surface area contributed by atoms with Gasteiger partial charge < -0.3 is 5.73 Å². The molecule has 0 atom stereocenters. The van der Waals surface area contributed by atoms with E-state index >= 15 is 0 Å². The molecule has 3 aromatic rings. The van der Waals surface area contributed by atoms with Gasteiger partial charge in [0.1, 0.15) is 11.6 Å². The maximum atomic E-state index is 14.1. The van der Waals surface area contributed by atoms with Crippen LogP contribution in [-0.2, 0) is 10.5 Å². The van der Waals surface area contributed by atoms with Crippen LogP contribution in [0.1, 0.15) is 18.3 Å². The normalized spacial score (nSPS) is 10.7. The van der Waals surface area contributed by atoms with Crippen molar-refractivity contribution >= 4 is 45.6 Å². The first-order chi connectivity index (χ1) is 12.4. The van der Waals surface area contributed by atoms with Gasteiger partial charge in [-0.15, -0.1) is 11.3 Å². The maximum Gasteiger partial charge on any atom is 0.230 e. The third-order valence-corrected chi connectivity index (χ3v) is 5.10. The van der Waals surface area contributed by atoms with Crippen LogP contribution in [-0.4, -0.2) is 20.9 Å². The van der Waals surface area contributed by atoms with Crippen molar-refractivity contribution in [2.75, 3.05) is 10.6 Å². The summed E-state index contributed by atoms with van der Waals surface area (Å²) in [6, 6.07) is 7.82. The Labute approximate surface area is 158 Å². The second kappa shape index (κ2) is 7.79. The van der Waals surface area contributed by atoms with E-state index in [0.717, 1.165) is 11.4 Å². The Morgan fingerprint density at radius 2 is 2.08 bits per heavy atom. The Kier molecular flexibility index (Phi) is 5.48. The fourth-order valence-electron chi connectivity index (χ4n) is 2.27. The van der Waals surface area contributed by atoms with Gasteiger partial charge in [0.2, 0.25) is 5.91 Å². The molecule has 2 heterocycles. The van der Waals surface area contributed by atoms with Crippen molar-refractivity contribution in [1.82, 2.24) is 15.0 Å². The number of halogens is 1. The summed E-state index contributed by atoms with van der Waals surface area (Å²) in [6.45, 7) is 3.23. The number of aromatic nitrogens is 3. The number of hydrogen-bond acceptors (Lipinski definition) is 7. The molecule has 1 aromatic carbocycles. The lowest BCUT2D eigenvalue weighted by Gasteiger charge is -2.18. The van der Waals surface area contributed by atoms with Gasteiger partial charge in [-0.05, 0) is 19.1 Å². The molecule has 26 heavy (non-hydrogen) atoms. The molecule has 0 saturated heterocycles. The lowest BCUT2D eigenvalue weighted by molar-refractivity contribution is -0.115. The van der Waals surface area contributed by atoms with Crippen molar-refractivity contribution in [3.05, 3.63) is 52.9 Å². The Bertz CT molecular complexity index is 926. The summed E-state index contributed by atoms with van der Waals surface area (Å²) < 4.78 is 14.1. The standard InChI is InChI=1S/C17H16FN5OS2/c1-10-7-15(19)22-16(20-10)25-8-12-9-26-17(21-12)23(11(2)24)14-6-4-3-5-13(14)18/h3-7,9H,8H2,1-2H3,(H2,19,20,22). The van der Waals surface area contributed by atoms with Crippen LogP contribution >= 0.6 is 23.1 Å². The third-order valence-electron chi connectivity index (χ3n) is 3.34. The predicted molar refractivity (Wildman–Crippen MR) is 102 cm³/mol. The van der Waals surface area contributed by atoms with Crippen LogP contribution in [0.5, 0.6) is 0 Å².